The van der Waals surface area contributed by atoms with Crippen molar-refractivity contribution in [3.63, 3.8) is 0 Å². The lowest BCUT2D eigenvalue weighted by molar-refractivity contribution is -0.384. The Labute approximate surface area is 764 Å². The second kappa shape index (κ2) is 40.5. The molecule has 4 heterocycles. The van der Waals surface area contributed by atoms with E-state index in [1.807, 2.05) is 215 Å². The van der Waals surface area contributed by atoms with Crippen molar-refractivity contribution >= 4 is 180 Å². The SMILES string of the molecule is CCOC(=O)[C@@H](OC(C)(C)C)c1c(C)cc2nc(-c3ccc(NC)c(N)c3)sc2c1-c1ccc(Cl)cc1.CCOC(=O)[C@@H](OC(C)(C)C)c1c(C)cc2nc(-c3ccc(NC)c([N+](=O)[O-])c3)sc2c1-c1ccc(Cl)cc1.CCOC(=O)[C@@H](OC(C)(C)C)c1c(C)cc2nc(Br)sc2c1-c1ccc(Cl)cc1.CNc1ccc(B2OC(C)(C)C(C)(C)O2)cc1[N+](=O)[O-]. The third-order valence-electron chi connectivity index (χ3n) is 20.2. The number of anilines is 4. The number of benzene rings is 9. The Morgan fingerprint density at radius 3 is 1.10 bits per heavy atom. The van der Waals surface area contributed by atoms with Gasteiger partial charge in [0.2, 0.25) is 0 Å². The number of carbonyl (C=O) groups excluding carboxylic acids is 3. The lowest BCUT2D eigenvalue weighted by Gasteiger charge is -2.32. The molecular formula is C93H104BBrCl3N9O15S3. The molecule has 125 heavy (non-hydrogen) atoms. The first-order valence-corrected chi connectivity index (χ1v) is 44.8. The Hall–Kier alpha value is -9.73. The fourth-order valence-corrected chi connectivity index (χ4v) is 18.1. The summed E-state index contributed by atoms with van der Waals surface area (Å²) in [7, 11) is 4.54. The summed E-state index contributed by atoms with van der Waals surface area (Å²) in [6.45, 7) is 37.0. The molecule has 9 aromatic carbocycles. The minimum Gasteiger partial charge on any atom is -0.464 e. The topological polar surface area (TPSA) is 312 Å². The van der Waals surface area contributed by atoms with Gasteiger partial charge in [0.25, 0.3) is 11.4 Å². The quantitative estimate of drug-likeness (QED) is 0.0115. The van der Waals surface area contributed by atoms with Crippen LogP contribution in [0.25, 0.3) is 85.2 Å². The molecule has 3 atom stereocenters. The minimum atomic E-state index is -0.985. The summed E-state index contributed by atoms with van der Waals surface area (Å²) in [5.74, 6) is -1.30. The van der Waals surface area contributed by atoms with Crippen LogP contribution in [0.5, 0.6) is 0 Å². The van der Waals surface area contributed by atoms with Gasteiger partial charge < -0.3 is 59.4 Å². The zero-order valence-electron chi connectivity index (χ0n) is 74.0. The number of hydrogen-bond donors (Lipinski definition) is 4. The normalized spacial score (nSPS) is 13.8. The number of aromatic nitrogens is 3. The van der Waals surface area contributed by atoms with Crippen molar-refractivity contribution in [3.05, 3.63) is 218 Å². The number of carbonyl (C=O) groups is 3. The van der Waals surface area contributed by atoms with Crippen LogP contribution in [0.15, 0.2) is 150 Å². The third kappa shape index (κ3) is 23.4. The zero-order valence-corrected chi connectivity index (χ0v) is 80.3. The largest absolute Gasteiger partial charge is 0.495 e. The molecule has 0 amide bonds. The molecule has 1 fully saturated rings. The van der Waals surface area contributed by atoms with Crippen LogP contribution in [0.2, 0.25) is 15.1 Å². The van der Waals surface area contributed by atoms with Crippen LogP contribution in [-0.2, 0) is 52.1 Å². The molecule has 3 aromatic heterocycles. The molecular weight excluding hydrogens is 1780 g/mol. The van der Waals surface area contributed by atoms with Crippen molar-refractivity contribution in [2.24, 2.45) is 0 Å². The average molecular weight is 1880 g/mol. The molecule has 1 aliphatic rings. The van der Waals surface area contributed by atoms with Crippen molar-refractivity contribution in [1.82, 2.24) is 15.0 Å². The van der Waals surface area contributed by atoms with Gasteiger partial charge in [-0.2, -0.15) is 0 Å². The number of halogens is 4. The molecule has 12 aromatic rings. The minimum absolute atomic E-state index is 0.0136. The maximum atomic E-state index is 13.3. The summed E-state index contributed by atoms with van der Waals surface area (Å²) in [5.41, 5.74) is 20.7. The second-order valence-electron chi connectivity index (χ2n) is 33.3. The van der Waals surface area contributed by atoms with Gasteiger partial charge >= 0.3 is 25.0 Å². The third-order valence-corrected chi connectivity index (χ3v) is 24.7. The van der Waals surface area contributed by atoms with E-state index in [0.717, 1.165) is 107 Å². The van der Waals surface area contributed by atoms with E-state index in [9.17, 15) is 34.6 Å². The van der Waals surface area contributed by atoms with Gasteiger partial charge in [0.1, 0.15) is 21.4 Å². The van der Waals surface area contributed by atoms with Gasteiger partial charge in [-0.3, -0.25) is 20.2 Å². The number of nitrogens with zero attached hydrogens (tertiary/aromatic N) is 5. The smallest absolute Gasteiger partial charge is 0.464 e. The van der Waals surface area contributed by atoms with Crippen LogP contribution in [0.1, 0.15) is 162 Å². The van der Waals surface area contributed by atoms with Crippen LogP contribution >= 0.6 is 84.7 Å². The number of fused-ring (bicyclic) bond motifs is 3. The van der Waals surface area contributed by atoms with Gasteiger partial charge in [0, 0.05) is 92.9 Å². The van der Waals surface area contributed by atoms with E-state index in [0.29, 0.717) is 59.2 Å². The highest BCUT2D eigenvalue weighted by molar-refractivity contribution is 9.11. The number of nitrogens with one attached hydrogen (secondary N) is 3. The molecule has 1 saturated heterocycles. The van der Waals surface area contributed by atoms with Crippen LogP contribution in [0.4, 0.5) is 34.1 Å². The summed E-state index contributed by atoms with van der Waals surface area (Å²) >= 11 is 26.5. The zero-order chi connectivity index (χ0) is 91.9. The fraction of sp³-hybridized carbons (Fsp3) is 0.355. The Morgan fingerprint density at radius 1 is 0.472 bits per heavy atom. The predicted octanol–water partition coefficient (Wildman–Crippen LogP) is 24.6. The van der Waals surface area contributed by atoms with E-state index in [1.165, 1.54) is 34.8 Å². The molecule has 0 bridgehead atoms. The maximum Gasteiger partial charge on any atom is 0.495 e. The molecule has 0 unspecified atom stereocenters. The van der Waals surface area contributed by atoms with Gasteiger partial charge in [-0.25, -0.2) is 29.3 Å². The van der Waals surface area contributed by atoms with E-state index in [-0.39, 0.29) is 31.2 Å². The molecule has 0 radical (unpaired) electrons. The number of nitrogen functional groups attached to an aromatic ring is 1. The molecule has 0 spiro atoms. The molecule has 5 N–H and O–H groups in total. The molecule has 32 heteroatoms. The lowest BCUT2D eigenvalue weighted by Crippen LogP contribution is -2.41. The molecule has 24 nitrogen and oxygen atoms in total. The number of ether oxygens (including phenoxy) is 6. The van der Waals surface area contributed by atoms with Gasteiger partial charge in [0.15, 0.2) is 22.2 Å². The average Bonchev–Trinajstić information content (AvgIpc) is 1.68. The van der Waals surface area contributed by atoms with Crippen LogP contribution in [0.3, 0.4) is 0 Å². The fourth-order valence-electron chi connectivity index (χ4n) is 14.0. The standard InChI is InChI=1S/C29H30ClN3O5S.C29H32ClN3O3S.C22H23BrClNO3S.C13H19BN2O4/c1-7-37-28(34)25(38-29(3,4)5)23-16(2)14-21-26(24(23)17-8-11-19(30)12-9-17)39-27(32-21)18-10-13-20(31-6)22(15-18)33(35)36;1-7-35-28(34)25(36-29(3,4)5)23-16(2)14-22-26(24(23)17-8-11-19(30)12-9-17)37-27(33-22)18-10-13-21(32-6)20(31)15-18;1-6-27-20(26)18(28-22(3,4)5)16-12(2)11-15-19(29-21(23)25-15)17(16)13-7-9-14(24)10-8-13;1-12(2)13(3,4)20-14(19-12)9-6-7-10(15-5)11(8-9)16(17)18/h8-15,25,31H,7H2,1-6H3;8-15,25,32H,7,31H2,1-6H3;7-11,18H,6H2,1-5H3;6-8,15H,1-5H3/t2*25-;18-;/m000./s1. The Balaban J connectivity index is 0.000000179. The first-order chi connectivity index (χ1) is 58.7. The number of aryl methyl sites for hydroxylation is 3. The number of nitro benzene ring substituents is 2. The summed E-state index contributed by atoms with van der Waals surface area (Å²) in [4.78, 5) is 75.8. The lowest BCUT2D eigenvalue weighted by atomic mass is 9.79. The molecule has 660 valence electrons. The number of esters is 3. The number of rotatable bonds is 23. The van der Waals surface area contributed by atoms with Gasteiger partial charge in [0.05, 0.1) is 99.7 Å². The highest BCUT2D eigenvalue weighted by atomic mass is 79.9. The first-order valence-electron chi connectivity index (χ1n) is 40.4. The first kappa shape index (κ1) is 97.5. The van der Waals surface area contributed by atoms with Crippen molar-refractivity contribution < 1.29 is 62.0 Å². The Bertz CT molecular complexity index is 5960. The molecule has 13 rings (SSSR count). The van der Waals surface area contributed by atoms with E-state index < -0.39 is 81.2 Å². The Morgan fingerprint density at radius 2 is 0.776 bits per heavy atom. The highest BCUT2D eigenvalue weighted by Crippen LogP contribution is 2.50. The number of hydrogen-bond acceptors (Lipinski definition) is 25. The van der Waals surface area contributed by atoms with Crippen molar-refractivity contribution in [2.45, 2.75) is 178 Å². The number of nitrogens with two attached hydrogens (primary N) is 1. The predicted molar refractivity (Wildman–Crippen MR) is 512 cm³/mol. The van der Waals surface area contributed by atoms with E-state index in [2.05, 4.69) is 36.9 Å². The maximum absolute atomic E-state index is 13.3. The van der Waals surface area contributed by atoms with E-state index in [4.69, 9.17) is 88.2 Å². The number of thiazole rings is 3. The number of nitro groups is 2. The molecule has 0 aliphatic carbocycles. The van der Waals surface area contributed by atoms with E-state index >= 15 is 0 Å². The van der Waals surface area contributed by atoms with Gasteiger partial charge in [-0.1, -0.05) is 77.3 Å². The highest BCUT2D eigenvalue weighted by Gasteiger charge is 2.52. The molecule has 1 aliphatic heterocycles. The van der Waals surface area contributed by atoms with Crippen LogP contribution in [-0.4, -0.2) is 119 Å². The van der Waals surface area contributed by atoms with Crippen molar-refractivity contribution in [3.8, 4) is 54.5 Å². The van der Waals surface area contributed by atoms with E-state index in [1.54, 1.807) is 82.6 Å². The van der Waals surface area contributed by atoms with Crippen molar-refractivity contribution in [2.75, 3.05) is 62.6 Å². The summed E-state index contributed by atoms with van der Waals surface area (Å²) in [5, 5.41) is 34.8. The van der Waals surface area contributed by atoms with Crippen LogP contribution in [0, 0.1) is 41.0 Å². The van der Waals surface area contributed by atoms with Crippen LogP contribution < -0.4 is 27.1 Å². The molecule has 0 saturated carbocycles. The summed E-state index contributed by atoms with van der Waals surface area (Å²) in [6, 6.07) is 44.3. The van der Waals surface area contributed by atoms with Gasteiger partial charge in [-0.15, -0.1) is 34.0 Å². The monoisotopic (exact) mass is 1880 g/mol. The Kier molecular flexibility index (Phi) is 31.6. The van der Waals surface area contributed by atoms with Crippen molar-refractivity contribution in [1.29, 1.82) is 0 Å². The second-order valence-corrected chi connectivity index (χ2v) is 38.8. The summed E-state index contributed by atoms with van der Waals surface area (Å²) < 4.78 is 50.5. The summed E-state index contributed by atoms with van der Waals surface area (Å²) in [6.07, 6.45) is -2.75. The van der Waals surface area contributed by atoms with Gasteiger partial charge in [-0.05, 0) is 277 Å².